The maximum absolute atomic E-state index is 11.2. The Kier molecular flexibility index (Phi) is 5.72. The van der Waals surface area contributed by atoms with Gasteiger partial charge < -0.3 is 21.3 Å². The summed E-state index contributed by atoms with van der Waals surface area (Å²) in [5, 5.41) is 11.5. The Morgan fingerprint density at radius 3 is 1.93 bits per heavy atom. The average Bonchev–Trinajstić information content (AvgIpc) is 2.25. The molecule has 1 aliphatic rings. The zero-order valence-corrected chi connectivity index (χ0v) is 8.77. The second-order valence-electron chi connectivity index (χ2n) is 3.37. The van der Waals surface area contributed by atoms with E-state index < -0.39 is 11.8 Å². The molecule has 0 aliphatic carbocycles. The summed E-state index contributed by atoms with van der Waals surface area (Å²) in [6.07, 6.45) is 0.832. The molecule has 86 valence electrons. The van der Waals surface area contributed by atoms with E-state index in [2.05, 4.69) is 21.3 Å². The van der Waals surface area contributed by atoms with Gasteiger partial charge in [-0.2, -0.15) is 0 Å². The first-order valence-electron chi connectivity index (χ1n) is 5.28. The summed E-state index contributed by atoms with van der Waals surface area (Å²) in [5.74, 6) is -1.10. The van der Waals surface area contributed by atoms with Crippen LogP contribution in [0.1, 0.15) is 6.42 Å². The van der Waals surface area contributed by atoms with E-state index in [0.717, 1.165) is 26.1 Å². The van der Waals surface area contributed by atoms with E-state index >= 15 is 0 Å². The summed E-state index contributed by atoms with van der Waals surface area (Å²) in [5.41, 5.74) is 0. The third kappa shape index (κ3) is 5.34. The molecule has 6 nitrogen and oxygen atoms in total. The first-order valence-corrected chi connectivity index (χ1v) is 5.28. The van der Waals surface area contributed by atoms with Gasteiger partial charge in [0.05, 0.1) is 0 Å². The smallest absolute Gasteiger partial charge is 0.309 e. The van der Waals surface area contributed by atoms with Gasteiger partial charge in [0.2, 0.25) is 0 Å². The van der Waals surface area contributed by atoms with E-state index in [1.807, 2.05) is 0 Å². The topological polar surface area (TPSA) is 82.3 Å². The molecule has 1 aliphatic heterocycles. The van der Waals surface area contributed by atoms with E-state index in [0.29, 0.717) is 19.6 Å². The van der Waals surface area contributed by atoms with E-state index in [9.17, 15) is 9.59 Å². The van der Waals surface area contributed by atoms with Crippen molar-refractivity contribution in [2.75, 3.05) is 39.3 Å². The predicted molar refractivity (Wildman–Crippen MR) is 56.4 cm³/mol. The summed E-state index contributed by atoms with van der Waals surface area (Å²) >= 11 is 0. The highest BCUT2D eigenvalue weighted by Crippen LogP contribution is 1.76. The summed E-state index contributed by atoms with van der Waals surface area (Å²) in [6.45, 7) is 4.32. The van der Waals surface area contributed by atoms with Crippen LogP contribution in [0.3, 0.4) is 0 Å². The number of carbonyl (C=O) groups is 2. The van der Waals surface area contributed by atoms with Crippen LogP contribution in [0.15, 0.2) is 0 Å². The lowest BCUT2D eigenvalue weighted by Gasteiger charge is -2.05. The van der Waals surface area contributed by atoms with Crippen LogP contribution < -0.4 is 21.3 Å². The molecule has 0 spiro atoms. The molecule has 0 aromatic heterocycles. The Labute approximate surface area is 89.2 Å². The van der Waals surface area contributed by atoms with Gasteiger partial charge in [-0.15, -0.1) is 0 Å². The number of hydrogen-bond donors (Lipinski definition) is 4. The summed E-state index contributed by atoms with van der Waals surface area (Å²) < 4.78 is 0. The van der Waals surface area contributed by atoms with Crippen molar-refractivity contribution in [3.8, 4) is 0 Å². The molecular formula is C9H18N4O2. The van der Waals surface area contributed by atoms with Crippen molar-refractivity contribution in [2.24, 2.45) is 0 Å². The van der Waals surface area contributed by atoms with Gasteiger partial charge in [0.15, 0.2) is 0 Å². The van der Waals surface area contributed by atoms with Gasteiger partial charge in [0.1, 0.15) is 0 Å². The van der Waals surface area contributed by atoms with Crippen LogP contribution in [-0.2, 0) is 9.59 Å². The lowest BCUT2D eigenvalue weighted by atomic mass is 10.4. The fraction of sp³-hybridized carbons (Fsp3) is 0.778. The van der Waals surface area contributed by atoms with Crippen molar-refractivity contribution in [3.63, 3.8) is 0 Å². The van der Waals surface area contributed by atoms with E-state index in [4.69, 9.17) is 0 Å². The normalized spacial score (nSPS) is 21.6. The number of rotatable bonds is 0. The van der Waals surface area contributed by atoms with Crippen molar-refractivity contribution in [3.05, 3.63) is 0 Å². The molecule has 0 radical (unpaired) electrons. The summed E-state index contributed by atoms with van der Waals surface area (Å²) in [4.78, 5) is 22.3. The maximum Gasteiger partial charge on any atom is 0.309 e. The number of nitrogens with one attached hydrogen (secondary N) is 4. The molecule has 15 heavy (non-hydrogen) atoms. The highest BCUT2D eigenvalue weighted by Gasteiger charge is 2.11. The second kappa shape index (κ2) is 7.19. The van der Waals surface area contributed by atoms with Crippen molar-refractivity contribution in [2.45, 2.75) is 6.42 Å². The number of hydrogen-bond acceptors (Lipinski definition) is 4. The minimum Gasteiger partial charge on any atom is -0.348 e. The SMILES string of the molecule is O=C1NCCCNCCNCCNC1=O. The number of amides is 2. The molecule has 4 N–H and O–H groups in total. The highest BCUT2D eigenvalue weighted by atomic mass is 16.2. The van der Waals surface area contributed by atoms with Crippen molar-refractivity contribution >= 4 is 11.8 Å². The van der Waals surface area contributed by atoms with Crippen LogP contribution in [0.4, 0.5) is 0 Å². The molecule has 0 aromatic rings. The zero-order valence-electron chi connectivity index (χ0n) is 8.77. The maximum atomic E-state index is 11.2. The lowest BCUT2D eigenvalue weighted by Crippen LogP contribution is -2.42. The van der Waals surface area contributed by atoms with E-state index in [-0.39, 0.29) is 0 Å². The summed E-state index contributed by atoms with van der Waals surface area (Å²) in [7, 11) is 0. The second-order valence-corrected chi connectivity index (χ2v) is 3.37. The molecule has 6 heteroatoms. The molecule has 1 fully saturated rings. The van der Waals surface area contributed by atoms with Crippen molar-refractivity contribution in [1.82, 2.24) is 21.3 Å². The van der Waals surface area contributed by atoms with Crippen LogP contribution in [0.25, 0.3) is 0 Å². The fourth-order valence-electron chi connectivity index (χ4n) is 1.27. The minimum absolute atomic E-state index is 0.478. The van der Waals surface area contributed by atoms with Gasteiger partial charge in [-0.3, -0.25) is 9.59 Å². The molecule has 1 heterocycles. The first kappa shape index (κ1) is 11.9. The van der Waals surface area contributed by atoms with Crippen molar-refractivity contribution in [1.29, 1.82) is 0 Å². The Hall–Kier alpha value is -1.14. The Morgan fingerprint density at radius 2 is 1.20 bits per heavy atom. The van der Waals surface area contributed by atoms with Gasteiger partial charge in [0.25, 0.3) is 0 Å². The van der Waals surface area contributed by atoms with Crippen molar-refractivity contribution < 1.29 is 9.59 Å². The number of carbonyl (C=O) groups excluding carboxylic acids is 2. The molecule has 0 aromatic carbocycles. The van der Waals surface area contributed by atoms with Crippen LogP contribution >= 0.6 is 0 Å². The Balaban J connectivity index is 2.30. The van der Waals surface area contributed by atoms with Crippen LogP contribution in [0.5, 0.6) is 0 Å². The Bertz CT molecular complexity index is 198. The molecule has 2 amide bonds. The molecule has 0 unspecified atom stereocenters. The van der Waals surface area contributed by atoms with E-state index in [1.54, 1.807) is 0 Å². The molecule has 1 saturated heterocycles. The van der Waals surface area contributed by atoms with E-state index in [1.165, 1.54) is 0 Å². The molecule has 0 atom stereocenters. The third-order valence-corrected chi connectivity index (χ3v) is 2.09. The largest absolute Gasteiger partial charge is 0.348 e. The quantitative estimate of drug-likeness (QED) is 0.345. The molecule has 0 saturated carbocycles. The molecular weight excluding hydrogens is 196 g/mol. The summed E-state index contributed by atoms with van der Waals surface area (Å²) in [6, 6.07) is 0. The monoisotopic (exact) mass is 214 g/mol. The zero-order chi connectivity index (χ0) is 10.9. The van der Waals surface area contributed by atoms with Crippen LogP contribution in [0.2, 0.25) is 0 Å². The van der Waals surface area contributed by atoms with Crippen LogP contribution in [-0.4, -0.2) is 51.1 Å². The third-order valence-electron chi connectivity index (χ3n) is 2.09. The Morgan fingerprint density at radius 1 is 0.667 bits per heavy atom. The van der Waals surface area contributed by atoms with Gasteiger partial charge in [-0.25, -0.2) is 0 Å². The van der Waals surface area contributed by atoms with Gasteiger partial charge in [0, 0.05) is 32.7 Å². The fourth-order valence-corrected chi connectivity index (χ4v) is 1.27. The first-order chi connectivity index (χ1) is 7.30. The van der Waals surface area contributed by atoms with Gasteiger partial charge >= 0.3 is 11.8 Å². The lowest BCUT2D eigenvalue weighted by molar-refractivity contribution is -0.139. The van der Waals surface area contributed by atoms with Gasteiger partial charge in [-0.1, -0.05) is 0 Å². The average molecular weight is 214 g/mol. The minimum atomic E-state index is -0.552. The standard InChI is InChI=1S/C9H18N4O2/c14-8-9(15)13-7-6-11-5-4-10-2-1-3-12-8/h10-11H,1-7H2,(H,12,14)(H,13,15). The molecule has 1 rings (SSSR count). The van der Waals surface area contributed by atoms with Gasteiger partial charge in [-0.05, 0) is 13.0 Å². The predicted octanol–water partition coefficient (Wildman–Crippen LogP) is -2.20. The van der Waals surface area contributed by atoms with Crippen LogP contribution in [0, 0.1) is 0 Å². The highest BCUT2D eigenvalue weighted by molar-refractivity contribution is 6.35. The molecule has 0 bridgehead atoms.